The van der Waals surface area contributed by atoms with Crippen LogP contribution < -0.4 is 0 Å². The van der Waals surface area contributed by atoms with Gasteiger partial charge in [0.2, 0.25) is 0 Å². The lowest BCUT2D eigenvalue weighted by molar-refractivity contribution is -0.139. The molecule has 4 aromatic rings. The molecule has 0 aliphatic heterocycles. The molecule has 1 aromatic carbocycles. The smallest absolute Gasteiger partial charge is 0.329 e. The van der Waals surface area contributed by atoms with Crippen molar-refractivity contribution >= 4 is 33.4 Å². The van der Waals surface area contributed by atoms with E-state index in [0.717, 1.165) is 0 Å². The molecule has 1 N–H and O–H groups in total. The Morgan fingerprint density at radius 1 is 1.17 bits per heavy atom. The number of aromatic amines is 1. The monoisotopic (exact) mass is 350 g/mol. The second kappa shape index (κ2) is 5.24. The number of pyridine rings is 1. The maximum absolute atomic E-state index is 13.1. The van der Waals surface area contributed by atoms with Gasteiger partial charge in [0.25, 0.3) is 0 Å². The number of benzene rings is 1. The summed E-state index contributed by atoms with van der Waals surface area (Å²) in [6, 6.07) is 5.02. The largest absolute Gasteiger partial charge is 0.406 e. The Labute approximate surface area is 138 Å². The van der Waals surface area contributed by atoms with Crippen molar-refractivity contribution in [1.82, 2.24) is 19.7 Å². The van der Waals surface area contributed by atoms with Crippen LogP contribution in [0.2, 0.25) is 5.02 Å². The fourth-order valence-electron chi connectivity index (χ4n) is 3.01. The van der Waals surface area contributed by atoms with Gasteiger partial charge in [0.1, 0.15) is 6.54 Å². The summed E-state index contributed by atoms with van der Waals surface area (Å²) in [6.45, 7) is -1.11. The zero-order chi connectivity index (χ0) is 16.9. The average Bonchev–Trinajstić information content (AvgIpc) is 3.14. The molecule has 4 rings (SSSR count). The van der Waals surface area contributed by atoms with Crippen LogP contribution in [-0.4, -0.2) is 25.9 Å². The molecule has 0 atom stereocenters. The number of hydrogen-bond donors (Lipinski definition) is 1. The minimum Gasteiger partial charge on any atom is -0.329 e. The van der Waals surface area contributed by atoms with Crippen molar-refractivity contribution in [3.8, 4) is 11.1 Å². The van der Waals surface area contributed by atoms with Crippen LogP contribution in [0, 0.1) is 0 Å². The van der Waals surface area contributed by atoms with E-state index in [2.05, 4.69) is 15.2 Å². The van der Waals surface area contributed by atoms with Crippen molar-refractivity contribution in [3.05, 3.63) is 48.0 Å². The molecule has 0 aliphatic carbocycles. The van der Waals surface area contributed by atoms with Gasteiger partial charge < -0.3 is 4.57 Å². The van der Waals surface area contributed by atoms with Crippen LogP contribution in [0.1, 0.15) is 0 Å². The van der Waals surface area contributed by atoms with Gasteiger partial charge in [-0.2, -0.15) is 18.3 Å². The Hall–Kier alpha value is -2.54. The Morgan fingerprint density at radius 3 is 2.71 bits per heavy atom. The second-order valence-electron chi connectivity index (χ2n) is 5.43. The number of rotatable bonds is 2. The third kappa shape index (κ3) is 2.41. The van der Waals surface area contributed by atoms with Crippen molar-refractivity contribution in [3.63, 3.8) is 0 Å². The molecule has 3 aromatic heterocycles. The lowest BCUT2D eigenvalue weighted by Gasteiger charge is -2.13. The summed E-state index contributed by atoms with van der Waals surface area (Å²) in [5.74, 6) is 0. The zero-order valence-corrected chi connectivity index (χ0v) is 12.9. The molecular formula is C16H10ClF3N4. The fraction of sp³-hybridized carbons (Fsp3) is 0.125. The number of halogens is 4. The topological polar surface area (TPSA) is 46.5 Å². The first kappa shape index (κ1) is 15.0. The van der Waals surface area contributed by atoms with E-state index in [1.807, 2.05) is 0 Å². The van der Waals surface area contributed by atoms with Crippen LogP contribution in [0.5, 0.6) is 0 Å². The van der Waals surface area contributed by atoms with E-state index in [-0.39, 0.29) is 0 Å². The van der Waals surface area contributed by atoms with E-state index in [0.29, 0.717) is 38.0 Å². The molecule has 0 amide bonds. The Morgan fingerprint density at radius 2 is 2.00 bits per heavy atom. The van der Waals surface area contributed by atoms with E-state index >= 15 is 0 Å². The van der Waals surface area contributed by atoms with Crippen molar-refractivity contribution in [2.75, 3.05) is 0 Å². The first-order chi connectivity index (χ1) is 11.4. The number of H-pyrrole nitrogens is 1. The number of hydrogen-bond acceptors (Lipinski definition) is 2. The highest BCUT2D eigenvalue weighted by atomic mass is 35.5. The molecule has 0 saturated heterocycles. The third-order valence-electron chi connectivity index (χ3n) is 3.87. The summed E-state index contributed by atoms with van der Waals surface area (Å²) in [4.78, 5) is 3.97. The van der Waals surface area contributed by atoms with E-state index < -0.39 is 12.7 Å². The zero-order valence-electron chi connectivity index (χ0n) is 12.1. The SMILES string of the molecule is FC(F)(F)Cn1c2cnccc2c2cc(Cl)cc(-c3cn[nH]c3)c21. The molecule has 3 heterocycles. The summed E-state index contributed by atoms with van der Waals surface area (Å²) in [5.41, 5.74) is 2.13. The Bertz CT molecular complexity index is 1040. The fourth-order valence-corrected chi connectivity index (χ4v) is 3.22. The van der Waals surface area contributed by atoms with Crippen LogP contribution in [0.3, 0.4) is 0 Å². The third-order valence-corrected chi connectivity index (χ3v) is 4.09. The van der Waals surface area contributed by atoms with Gasteiger partial charge in [0, 0.05) is 39.3 Å². The molecular weight excluding hydrogens is 341 g/mol. The molecule has 4 nitrogen and oxygen atoms in total. The maximum Gasteiger partial charge on any atom is 0.406 e. The highest BCUT2D eigenvalue weighted by Gasteiger charge is 2.30. The minimum atomic E-state index is -4.36. The van der Waals surface area contributed by atoms with Gasteiger partial charge in [-0.25, -0.2) is 0 Å². The summed E-state index contributed by atoms with van der Waals surface area (Å²) in [5, 5.41) is 8.33. The predicted octanol–water partition coefficient (Wildman–Crippen LogP) is 4.80. The van der Waals surface area contributed by atoms with Crippen LogP contribution >= 0.6 is 11.6 Å². The van der Waals surface area contributed by atoms with Crippen molar-refractivity contribution < 1.29 is 13.2 Å². The van der Waals surface area contributed by atoms with Gasteiger partial charge in [-0.3, -0.25) is 10.1 Å². The normalized spacial score (nSPS) is 12.3. The molecule has 0 fully saturated rings. The first-order valence-electron chi connectivity index (χ1n) is 7.05. The molecule has 24 heavy (non-hydrogen) atoms. The van der Waals surface area contributed by atoms with Crippen LogP contribution in [0.25, 0.3) is 32.9 Å². The average molecular weight is 351 g/mol. The molecule has 0 unspecified atom stereocenters. The lowest BCUT2D eigenvalue weighted by atomic mass is 10.1. The second-order valence-corrected chi connectivity index (χ2v) is 5.87. The number of nitrogens with one attached hydrogen (secondary N) is 1. The quantitative estimate of drug-likeness (QED) is 0.564. The number of alkyl halides is 3. The molecule has 122 valence electrons. The molecule has 0 saturated carbocycles. The Balaban J connectivity index is 2.17. The first-order valence-corrected chi connectivity index (χ1v) is 7.43. The van der Waals surface area contributed by atoms with Gasteiger partial charge in [-0.05, 0) is 18.2 Å². The number of fused-ring (bicyclic) bond motifs is 3. The summed E-state index contributed by atoms with van der Waals surface area (Å²) < 4.78 is 40.7. The summed E-state index contributed by atoms with van der Waals surface area (Å²) in [6.07, 6.45) is 1.81. The standard InChI is InChI=1S/C16H10ClF3N4/c17-10-3-12(9-5-22-23-6-9)15-13(4-10)11-1-2-21-7-14(11)24(15)8-16(18,19)20/h1-7H,8H2,(H,22,23). The van der Waals surface area contributed by atoms with Crippen LogP contribution in [0.15, 0.2) is 43.0 Å². The van der Waals surface area contributed by atoms with Gasteiger partial charge in [0.15, 0.2) is 0 Å². The van der Waals surface area contributed by atoms with E-state index in [4.69, 9.17) is 11.6 Å². The summed E-state index contributed by atoms with van der Waals surface area (Å²) >= 11 is 6.21. The van der Waals surface area contributed by atoms with Crippen molar-refractivity contribution in [2.45, 2.75) is 12.7 Å². The van der Waals surface area contributed by atoms with Crippen molar-refractivity contribution in [1.29, 1.82) is 0 Å². The van der Waals surface area contributed by atoms with E-state index in [1.165, 1.54) is 10.8 Å². The Kier molecular flexibility index (Phi) is 3.28. The minimum absolute atomic E-state index is 0.414. The number of nitrogens with zero attached hydrogens (tertiary/aromatic N) is 3. The van der Waals surface area contributed by atoms with E-state index in [9.17, 15) is 13.2 Å². The molecule has 0 radical (unpaired) electrons. The van der Waals surface area contributed by atoms with Gasteiger partial charge in [0.05, 0.1) is 23.4 Å². The molecule has 0 bridgehead atoms. The maximum atomic E-state index is 13.1. The van der Waals surface area contributed by atoms with Crippen molar-refractivity contribution in [2.24, 2.45) is 0 Å². The summed E-state index contributed by atoms with van der Waals surface area (Å²) in [7, 11) is 0. The van der Waals surface area contributed by atoms with Gasteiger partial charge in [-0.15, -0.1) is 0 Å². The molecule has 8 heteroatoms. The highest BCUT2D eigenvalue weighted by Crippen LogP contribution is 2.39. The molecule has 0 spiro atoms. The molecule has 0 aliphatic rings. The van der Waals surface area contributed by atoms with Crippen LogP contribution in [-0.2, 0) is 6.54 Å². The highest BCUT2D eigenvalue weighted by molar-refractivity contribution is 6.32. The van der Waals surface area contributed by atoms with Crippen LogP contribution in [0.4, 0.5) is 13.2 Å². The number of aromatic nitrogens is 4. The lowest BCUT2D eigenvalue weighted by Crippen LogP contribution is -2.17. The predicted molar refractivity (Wildman–Crippen MR) is 85.9 cm³/mol. The van der Waals surface area contributed by atoms with Gasteiger partial charge >= 0.3 is 6.18 Å². The van der Waals surface area contributed by atoms with Gasteiger partial charge in [-0.1, -0.05) is 11.6 Å². The van der Waals surface area contributed by atoms with E-state index in [1.54, 1.807) is 36.8 Å².